The number of aromatic amines is 1. The normalized spacial score (nSPS) is 16.8. The number of carbonyl (C=O) groups excluding carboxylic acids is 1. The SMILES string of the molecule is COc1ccc(C#N)c(-c2cc3[nH]c(=O)n(C4CCCNC(=O)C4)c(=O)c3s2)c1. The van der Waals surface area contributed by atoms with Gasteiger partial charge in [0.1, 0.15) is 10.4 Å². The maximum atomic E-state index is 13.1. The molecule has 1 aromatic carbocycles. The van der Waals surface area contributed by atoms with Crippen molar-refractivity contribution in [1.29, 1.82) is 5.26 Å². The maximum Gasteiger partial charge on any atom is 0.329 e. The summed E-state index contributed by atoms with van der Waals surface area (Å²) in [7, 11) is 1.54. The summed E-state index contributed by atoms with van der Waals surface area (Å²) in [6, 6.07) is 8.45. The lowest BCUT2D eigenvalue weighted by atomic mass is 10.1. The summed E-state index contributed by atoms with van der Waals surface area (Å²) in [6.45, 7) is 0.542. The summed E-state index contributed by atoms with van der Waals surface area (Å²) in [5, 5.41) is 12.2. The van der Waals surface area contributed by atoms with E-state index in [-0.39, 0.29) is 12.3 Å². The summed E-state index contributed by atoms with van der Waals surface area (Å²) in [4.78, 5) is 41.1. The number of benzene rings is 1. The van der Waals surface area contributed by atoms with E-state index in [1.165, 1.54) is 18.4 Å². The molecular weight excluding hydrogens is 392 g/mol. The molecule has 1 aliphatic rings. The first-order valence-electron chi connectivity index (χ1n) is 9.15. The van der Waals surface area contributed by atoms with Crippen LogP contribution in [0.3, 0.4) is 0 Å². The fourth-order valence-electron chi connectivity index (χ4n) is 3.61. The second-order valence-electron chi connectivity index (χ2n) is 6.83. The Kier molecular flexibility index (Phi) is 4.94. The topological polar surface area (TPSA) is 117 Å². The van der Waals surface area contributed by atoms with Gasteiger partial charge in [0.25, 0.3) is 5.56 Å². The summed E-state index contributed by atoms with van der Waals surface area (Å²) in [6.07, 6.45) is 1.37. The van der Waals surface area contributed by atoms with Crippen molar-refractivity contribution >= 4 is 27.5 Å². The van der Waals surface area contributed by atoms with Crippen LogP contribution in [-0.4, -0.2) is 29.1 Å². The van der Waals surface area contributed by atoms with E-state index >= 15 is 0 Å². The Labute approximate surface area is 169 Å². The number of methoxy groups -OCH3 is 1. The van der Waals surface area contributed by atoms with Crippen molar-refractivity contribution in [2.75, 3.05) is 13.7 Å². The molecule has 3 aromatic rings. The average Bonchev–Trinajstić information content (AvgIpc) is 3.02. The minimum absolute atomic E-state index is 0.0984. The second kappa shape index (κ2) is 7.56. The summed E-state index contributed by atoms with van der Waals surface area (Å²) < 4.78 is 6.79. The van der Waals surface area contributed by atoms with E-state index in [1.807, 2.05) is 0 Å². The molecule has 2 aromatic heterocycles. The standard InChI is InChI=1S/C20H18N4O4S/c1-28-13-5-4-11(10-21)14(8-13)16-9-15-18(29-16)19(26)24(20(27)23-15)12-3-2-6-22-17(25)7-12/h4-5,8-9,12H,2-3,6-7H2,1H3,(H,22,25)(H,23,27). The van der Waals surface area contributed by atoms with Crippen LogP contribution in [-0.2, 0) is 4.79 Å². The monoisotopic (exact) mass is 410 g/mol. The molecule has 0 radical (unpaired) electrons. The van der Waals surface area contributed by atoms with Gasteiger partial charge in [-0.1, -0.05) is 0 Å². The van der Waals surface area contributed by atoms with E-state index in [1.54, 1.807) is 24.3 Å². The van der Waals surface area contributed by atoms with Gasteiger partial charge in [0, 0.05) is 23.4 Å². The Balaban J connectivity index is 1.87. The lowest BCUT2D eigenvalue weighted by molar-refractivity contribution is -0.121. The van der Waals surface area contributed by atoms with Gasteiger partial charge in [-0.15, -0.1) is 11.3 Å². The quantitative estimate of drug-likeness (QED) is 0.686. The number of carbonyl (C=O) groups is 1. The Morgan fingerprint density at radius 3 is 2.86 bits per heavy atom. The summed E-state index contributed by atoms with van der Waals surface area (Å²) >= 11 is 1.21. The number of ether oxygens (including phenoxy) is 1. The van der Waals surface area contributed by atoms with Gasteiger partial charge >= 0.3 is 5.69 Å². The van der Waals surface area contributed by atoms with Crippen LogP contribution in [0, 0.1) is 11.3 Å². The molecule has 3 heterocycles. The molecule has 0 saturated carbocycles. The average molecular weight is 410 g/mol. The van der Waals surface area contributed by atoms with Crippen molar-refractivity contribution in [3.05, 3.63) is 50.7 Å². The van der Waals surface area contributed by atoms with Gasteiger partial charge in [-0.2, -0.15) is 5.26 Å². The number of aromatic nitrogens is 2. The number of hydrogen-bond acceptors (Lipinski definition) is 6. The number of thiophene rings is 1. The van der Waals surface area contributed by atoms with Crippen molar-refractivity contribution in [2.24, 2.45) is 0 Å². The lowest BCUT2D eigenvalue weighted by Crippen LogP contribution is -2.38. The summed E-state index contributed by atoms with van der Waals surface area (Å²) in [5.74, 6) is 0.424. The van der Waals surface area contributed by atoms with Gasteiger partial charge < -0.3 is 15.0 Å². The fraction of sp³-hybridized carbons (Fsp3) is 0.300. The number of nitriles is 1. The number of H-pyrrole nitrogens is 1. The van der Waals surface area contributed by atoms with Crippen LogP contribution >= 0.6 is 11.3 Å². The van der Waals surface area contributed by atoms with Crippen LogP contribution in [0.5, 0.6) is 5.75 Å². The largest absolute Gasteiger partial charge is 0.497 e. The van der Waals surface area contributed by atoms with Crippen LogP contribution in [0.1, 0.15) is 30.9 Å². The predicted molar refractivity (Wildman–Crippen MR) is 109 cm³/mol. The fourth-order valence-corrected chi connectivity index (χ4v) is 4.69. The molecule has 0 spiro atoms. The first-order chi connectivity index (χ1) is 14.0. The number of amides is 1. The molecule has 29 heavy (non-hydrogen) atoms. The third kappa shape index (κ3) is 3.43. The van der Waals surface area contributed by atoms with Crippen molar-refractivity contribution in [3.8, 4) is 22.3 Å². The lowest BCUT2D eigenvalue weighted by Gasteiger charge is -2.14. The molecule has 0 bridgehead atoms. The number of fused-ring (bicyclic) bond motifs is 1. The van der Waals surface area contributed by atoms with E-state index in [0.717, 1.165) is 4.57 Å². The van der Waals surface area contributed by atoms with Gasteiger partial charge in [-0.3, -0.25) is 14.2 Å². The van der Waals surface area contributed by atoms with Crippen LogP contribution in [0.25, 0.3) is 20.7 Å². The molecule has 4 rings (SSSR count). The molecule has 8 nitrogen and oxygen atoms in total. The van der Waals surface area contributed by atoms with Gasteiger partial charge in [0.2, 0.25) is 5.91 Å². The van der Waals surface area contributed by atoms with E-state index in [4.69, 9.17) is 4.74 Å². The molecule has 1 atom stereocenters. The predicted octanol–water partition coefficient (Wildman–Crippen LogP) is 2.14. The van der Waals surface area contributed by atoms with Gasteiger partial charge in [-0.05, 0) is 37.1 Å². The van der Waals surface area contributed by atoms with Crippen LogP contribution in [0.2, 0.25) is 0 Å². The third-order valence-electron chi connectivity index (χ3n) is 5.04. The first kappa shape index (κ1) is 19.0. The molecule has 2 N–H and O–H groups in total. The van der Waals surface area contributed by atoms with Crippen LogP contribution in [0.4, 0.5) is 0 Å². The van der Waals surface area contributed by atoms with E-state index < -0.39 is 17.3 Å². The molecule has 1 fully saturated rings. The van der Waals surface area contributed by atoms with Gasteiger partial charge in [-0.25, -0.2) is 4.79 Å². The third-order valence-corrected chi connectivity index (χ3v) is 6.20. The number of nitrogens with zero attached hydrogens (tertiary/aromatic N) is 2. The Morgan fingerprint density at radius 2 is 2.10 bits per heavy atom. The van der Waals surface area contributed by atoms with Crippen molar-refractivity contribution in [3.63, 3.8) is 0 Å². The number of rotatable bonds is 3. The zero-order valence-electron chi connectivity index (χ0n) is 15.7. The molecule has 1 saturated heterocycles. The second-order valence-corrected chi connectivity index (χ2v) is 7.88. The Hall–Kier alpha value is -3.38. The highest BCUT2D eigenvalue weighted by Gasteiger charge is 2.24. The zero-order valence-corrected chi connectivity index (χ0v) is 16.5. The minimum Gasteiger partial charge on any atom is -0.497 e. The molecule has 1 unspecified atom stereocenters. The molecule has 148 valence electrons. The minimum atomic E-state index is -0.530. The molecule has 1 amide bonds. The van der Waals surface area contributed by atoms with Crippen LogP contribution in [0.15, 0.2) is 33.9 Å². The number of nitrogens with one attached hydrogen (secondary N) is 2. The molecular formula is C20H18N4O4S. The smallest absolute Gasteiger partial charge is 0.329 e. The van der Waals surface area contributed by atoms with Gasteiger partial charge in [0.15, 0.2) is 0 Å². The van der Waals surface area contributed by atoms with Crippen molar-refractivity contribution in [1.82, 2.24) is 14.9 Å². The van der Waals surface area contributed by atoms with Crippen LogP contribution < -0.4 is 21.3 Å². The molecule has 9 heteroatoms. The molecule has 0 aliphatic carbocycles. The van der Waals surface area contributed by atoms with Crippen molar-refractivity contribution < 1.29 is 9.53 Å². The highest BCUT2D eigenvalue weighted by Crippen LogP contribution is 2.35. The Bertz CT molecular complexity index is 1260. The zero-order chi connectivity index (χ0) is 20.5. The Morgan fingerprint density at radius 1 is 1.28 bits per heavy atom. The molecule has 1 aliphatic heterocycles. The first-order valence-corrected chi connectivity index (χ1v) is 9.97. The highest BCUT2D eigenvalue weighted by molar-refractivity contribution is 7.22. The maximum absolute atomic E-state index is 13.1. The van der Waals surface area contributed by atoms with E-state index in [0.29, 0.717) is 51.4 Å². The van der Waals surface area contributed by atoms with E-state index in [2.05, 4.69) is 16.4 Å². The van der Waals surface area contributed by atoms with Crippen molar-refractivity contribution in [2.45, 2.75) is 25.3 Å². The summed E-state index contributed by atoms with van der Waals surface area (Å²) in [5.41, 5.74) is 0.550. The number of hydrogen-bond donors (Lipinski definition) is 2. The van der Waals surface area contributed by atoms with Gasteiger partial charge in [0.05, 0.1) is 30.3 Å². The highest BCUT2D eigenvalue weighted by atomic mass is 32.1. The van der Waals surface area contributed by atoms with E-state index in [9.17, 15) is 19.6 Å².